The summed E-state index contributed by atoms with van der Waals surface area (Å²) < 4.78 is 34.0. The summed E-state index contributed by atoms with van der Waals surface area (Å²) in [5, 5.41) is 0. The number of rotatable bonds is 2. The Morgan fingerprint density at radius 2 is 1.84 bits per heavy atom. The van der Waals surface area contributed by atoms with E-state index in [4.69, 9.17) is 4.74 Å². The number of hydrogen-bond donors (Lipinski definition) is 0. The SMILES string of the molecule is CS(=O)(=O)N1c2ccccc2C2=C(CCCO2)C1c1ccc(Br)cc1. The lowest BCUT2D eigenvalue weighted by Crippen LogP contribution is -2.39. The third kappa shape index (κ3) is 2.87. The summed E-state index contributed by atoms with van der Waals surface area (Å²) in [7, 11) is -3.47. The van der Waals surface area contributed by atoms with Gasteiger partial charge in [0.1, 0.15) is 5.76 Å². The van der Waals surface area contributed by atoms with Gasteiger partial charge in [-0.25, -0.2) is 8.42 Å². The van der Waals surface area contributed by atoms with Crippen LogP contribution in [-0.2, 0) is 14.8 Å². The van der Waals surface area contributed by atoms with E-state index in [1.165, 1.54) is 6.26 Å². The molecule has 0 aromatic heterocycles. The molecule has 4 nitrogen and oxygen atoms in total. The van der Waals surface area contributed by atoms with Gasteiger partial charge < -0.3 is 4.74 Å². The molecule has 1 unspecified atom stereocenters. The Morgan fingerprint density at radius 1 is 1.12 bits per heavy atom. The van der Waals surface area contributed by atoms with Gasteiger partial charge in [0, 0.05) is 15.6 Å². The van der Waals surface area contributed by atoms with Crippen molar-refractivity contribution in [3.63, 3.8) is 0 Å². The smallest absolute Gasteiger partial charge is 0.233 e. The number of hydrogen-bond acceptors (Lipinski definition) is 3. The molecule has 2 aromatic rings. The molecule has 0 aliphatic carbocycles. The summed E-state index contributed by atoms with van der Waals surface area (Å²) in [6.45, 7) is 0.666. The normalized spacial score (nSPS) is 19.9. The average molecular weight is 420 g/mol. The van der Waals surface area contributed by atoms with Crippen molar-refractivity contribution < 1.29 is 13.2 Å². The molecule has 130 valence electrons. The van der Waals surface area contributed by atoms with Crippen molar-refractivity contribution in [2.75, 3.05) is 17.2 Å². The fraction of sp³-hybridized carbons (Fsp3) is 0.263. The molecule has 2 aromatic carbocycles. The highest BCUT2D eigenvalue weighted by molar-refractivity contribution is 9.10. The third-order valence-corrected chi connectivity index (χ3v) is 6.27. The molecule has 6 heteroatoms. The molecule has 0 saturated heterocycles. The first-order chi connectivity index (χ1) is 12.0. The van der Waals surface area contributed by atoms with Gasteiger partial charge in [0.05, 0.1) is 24.6 Å². The zero-order chi connectivity index (χ0) is 17.6. The lowest BCUT2D eigenvalue weighted by Gasteiger charge is -2.41. The van der Waals surface area contributed by atoms with Crippen LogP contribution in [0.25, 0.3) is 5.76 Å². The van der Waals surface area contributed by atoms with Crippen LogP contribution >= 0.6 is 15.9 Å². The summed E-state index contributed by atoms with van der Waals surface area (Å²) in [4.78, 5) is 0. The Morgan fingerprint density at radius 3 is 2.56 bits per heavy atom. The zero-order valence-corrected chi connectivity index (χ0v) is 16.2. The van der Waals surface area contributed by atoms with Gasteiger partial charge in [-0.15, -0.1) is 0 Å². The van der Waals surface area contributed by atoms with Crippen LogP contribution in [0, 0.1) is 0 Å². The molecule has 0 radical (unpaired) electrons. The highest BCUT2D eigenvalue weighted by atomic mass is 79.9. The van der Waals surface area contributed by atoms with E-state index in [9.17, 15) is 8.42 Å². The largest absolute Gasteiger partial charge is 0.493 e. The molecule has 0 amide bonds. The number of fused-ring (bicyclic) bond motifs is 2. The first-order valence-electron chi connectivity index (χ1n) is 8.17. The van der Waals surface area contributed by atoms with E-state index in [1.807, 2.05) is 48.5 Å². The monoisotopic (exact) mass is 419 g/mol. The predicted octanol–water partition coefficient (Wildman–Crippen LogP) is 4.49. The number of nitrogens with zero attached hydrogens (tertiary/aromatic N) is 1. The molecule has 0 N–H and O–H groups in total. The minimum absolute atomic E-state index is 0.367. The number of sulfonamides is 1. The first kappa shape index (κ1) is 16.7. The molecular formula is C19H18BrNO3S. The number of ether oxygens (including phenoxy) is 1. The lowest BCUT2D eigenvalue weighted by molar-refractivity contribution is 0.248. The highest BCUT2D eigenvalue weighted by Gasteiger charge is 2.40. The zero-order valence-electron chi connectivity index (χ0n) is 13.8. The number of anilines is 1. The second-order valence-corrected chi connectivity index (χ2v) is 9.11. The molecule has 1 atom stereocenters. The van der Waals surface area contributed by atoms with Crippen molar-refractivity contribution in [2.24, 2.45) is 0 Å². The fourth-order valence-corrected chi connectivity index (χ4v) is 5.06. The second kappa shape index (κ2) is 6.18. The third-order valence-electron chi connectivity index (χ3n) is 4.62. The van der Waals surface area contributed by atoms with Gasteiger partial charge in [0.15, 0.2) is 0 Å². The minimum atomic E-state index is -3.47. The number of para-hydroxylation sites is 1. The van der Waals surface area contributed by atoms with Crippen LogP contribution in [0.4, 0.5) is 5.69 Å². The number of halogens is 1. The van der Waals surface area contributed by atoms with Crippen molar-refractivity contribution in [3.05, 3.63) is 69.7 Å². The molecule has 2 aliphatic rings. The van der Waals surface area contributed by atoms with E-state index < -0.39 is 10.0 Å². The summed E-state index contributed by atoms with van der Waals surface area (Å²) in [6.07, 6.45) is 2.99. The summed E-state index contributed by atoms with van der Waals surface area (Å²) >= 11 is 3.45. The van der Waals surface area contributed by atoms with E-state index in [1.54, 1.807) is 4.31 Å². The molecule has 2 aliphatic heterocycles. The van der Waals surface area contributed by atoms with Crippen LogP contribution in [0.3, 0.4) is 0 Å². The maximum atomic E-state index is 12.7. The standard InChI is InChI=1S/C19H18BrNO3S/c1-25(22,23)21-17-7-3-2-5-15(17)19-16(6-4-12-24-19)18(21)13-8-10-14(20)11-9-13/h2-3,5,7-11,18H,4,6,12H2,1H3. The van der Waals surface area contributed by atoms with Gasteiger partial charge in [-0.2, -0.15) is 0 Å². The van der Waals surface area contributed by atoms with Gasteiger partial charge >= 0.3 is 0 Å². The molecular weight excluding hydrogens is 402 g/mol. The van der Waals surface area contributed by atoms with Gasteiger partial charge in [-0.3, -0.25) is 4.31 Å². The number of benzene rings is 2. The molecule has 25 heavy (non-hydrogen) atoms. The van der Waals surface area contributed by atoms with Crippen molar-refractivity contribution in [2.45, 2.75) is 18.9 Å². The Hall–Kier alpha value is -1.79. The van der Waals surface area contributed by atoms with Crippen LogP contribution in [0.1, 0.15) is 30.0 Å². The molecule has 0 bridgehead atoms. The van der Waals surface area contributed by atoms with Crippen LogP contribution in [-0.4, -0.2) is 21.3 Å². The Kier molecular flexibility index (Phi) is 4.12. The minimum Gasteiger partial charge on any atom is -0.493 e. The Balaban J connectivity index is 2.00. The summed E-state index contributed by atoms with van der Waals surface area (Å²) in [5.74, 6) is 0.842. The topological polar surface area (TPSA) is 46.6 Å². The van der Waals surface area contributed by atoms with Crippen LogP contribution in [0.2, 0.25) is 0 Å². The lowest BCUT2D eigenvalue weighted by atomic mass is 9.87. The maximum Gasteiger partial charge on any atom is 0.233 e. The fourth-order valence-electron chi connectivity index (χ4n) is 3.64. The average Bonchev–Trinajstić information content (AvgIpc) is 2.60. The maximum absolute atomic E-state index is 12.7. The van der Waals surface area contributed by atoms with Crippen LogP contribution in [0.5, 0.6) is 0 Å². The van der Waals surface area contributed by atoms with Crippen molar-refractivity contribution >= 4 is 37.4 Å². The molecule has 0 spiro atoms. The van der Waals surface area contributed by atoms with Gasteiger partial charge in [-0.1, -0.05) is 40.2 Å². The van der Waals surface area contributed by atoms with Crippen molar-refractivity contribution in [1.82, 2.24) is 0 Å². The second-order valence-electron chi connectivity index (χ2n) is 6.34. The van der Waals surface area contributed by atoms with Crippen LogP contribution < -0.4 is 4.31 Å². The van der Waals surface area contributed by atoms with Gasteiger partial charge in [0.25, 0.3) is 0 Å². The first-order valence-corrected chi connectivity index (χ1v) is 10.8. The quantitative estimate of drug-likeness (QED) is 0.719. The van der Waals surface area contributed by atoms with E-state index in [-0.39, 0.29) is 6.04 Å². The Bertz CT molecular complexity index is 951. The predicted molar refractivity (Wildman–Crippen MR) is 103 cm³/mol. The van der Waals surface area contributed by atoms with Gasteiger partial charge in [0.2, 0.25) is 10.0 Å². The molecule has 0 saturated carbocycles. The Labute approximate surface area is 156 Å². The highest BCUT2D eigenvalue weighted by Crippen LogP contribution is 2.49. The molecule has 0 fully saturated rings. The van der Waals surface area contributed by atoms with Crippen molar-refractivity contribution in [1.29, 1.82) is 0 Å². The van der Waals surface area contributed by atoms with E-state index in [0.717, 1.165) is 39.8 Å². The van der Waals surface area contributed by atoms with Gasteiger partial charge in [-0.05, 0) is 42.7 Å². The molecule has 2 heterocycles. The van der Waals surface area contributed by atoms with E-state index in [0.29, 0.717) is 12.3 Å². The van der Waals surface area contributed by atoms with E-state index in [2.05, 4.69) is 15.9 Å². The van der Waals surface area contributed by atoms with Crippen molar-refractivity contribution in [3.8, 4) is 0 Å². The summed E-state index contributed by atoms with van der Waals surface area (Å²) in [5.41, 5.74) is 3.52. The van der Waals surface area contributed by atoms with E-state index >= 15 is 0 Å². The summed E-state index contributed by atoms with van der Waals surface area (Å²) in [6, 6.07) is 15.0. The van der Waals surface area contributed by atoms with Crippen LogP contribution in [0.15, 0.2) is 58.6 Å². The molecule has 4 rings (SSSR count).